The number of carboxylic acids is 1. The molecule has 0 aromatic carbocycles. The van der Waals surface area contributed by atoms with Crippen LogP contribution in [0.3, 0.4) is 0 Å². The first-order valence-electron chi connectivity index (χ1n) is 5.11. The Bertz CT molecular complexity index is 419. The Morgan fingerprint density at radius 2 is 2.00 bits per heavy atom. The molecule has 0 aliphatic carbocycles. The average Bonchev–Trinajstić information content (AvgIpc) is 2.54. The summed E-state index contributed by atoms with van der Waals surface area (Å²) in [4.78, 5) is 24.0. The van der Waals surface area contributed by atoms with Gasteiger partial charge in [0.25, 0.3) is 5.91 Å². The van der Waals surface area contributed by atoms with Crippen LogP contribution in [0.15, 0.2) is 6.07 Å². The molecule has 1 heterocycles. The number of aryl methyl sites for hydroxylation is 2. The van der Waals surface area contributed by atoms with E-state index in [2.05, 4.69) is 5.32 Å². The van der Waals surface area contributed by atoms with Gasteiger partial charge in [-0.05, 0) is 32.4 Å². The molecule has 0 saturated carbocycles. The minimum absolute atomic E-state index is 0.451. The van der Waals surface area contributed by atoms with Crippen LogP contribution in [0.4, 0.5) is 0 Å². The minimum Gasteiger partial charge on any atom is -0.480 e. The lowest BCUT2D eigenvalue weighted by Gasteiger charge is -2.16. The van der Waals surface area contributed by atoms with Crippen LogP contribution in [0, 0.1) is 13.8 Å². The number of aliphatic carboxylic acids is 1. The van der Waals surface area contributed by atoms with Crippen molar-refractivity contribution in [1.29, 1.82) is 0 Å². The van der Waals surface area contributed by atoms with Gasteiger partial charge in [0.05, 0.1) is 11.0 Å². The fraction of sp³-hybridized carbons (Fsp3) is 0.455. The topological polar surface area (TPSA) is 86.6 Å². The van der Waals surface area contributed by atoms with Crippen LogP contribution in [0.1, 0.15) is 27.0 Å². The quantitative estimate of drug-likeness (QED) is 0.749. The van der Waals surface area contributed by atoms with Crippen LogP contribution in [0.2, 0.25) is 0 Å². The number of carbonyl (C=O) groups excluding carboxylic acids is 1. The zero-order valence-electron chi connectivity index (χ0n) is 9.85. The number of hydrogen-bond acceptors (Lipinski definition) is 4. The summed E-state index contributed by atoms with van der Waals surface area (Å²) in [5, 5.41) is 20.4. The second-order valence-electron chi connectivity index (χ2n) is 3.88. The Morgan fingerprint density at radius 3 is 2.35 bits per heavy atom. The second kappa shape index (κ2) is 5.29. The van der Waals surface area contributed by atoms with E-state index < -0.39 is 24.0 Å². The standard InChI is InChI=1S/C11H15NO4S/c1-5-4-8(17-7(5)3)10(14)12-9(6(2)13)11(15)16/h4,6,9,13H,1-3H3,(H,12,14)(H,15,16)/t6-,9+/m1/s1. The summed E-state index contributed by atoms with van der Waals surface area (Å²) in [7, 11) is 0. The van der Waals surface area contributed by atoms with Crippen LogP contribution >= 0.6 is 11.3 Å². The number of thiophene rings is 1. The summed E-state index contributed by atoms with van der Waals surface area (Å²) in [5.41, 5.74) is 0.990. The molecule has 1 rings (SSSR count). The summed E-state index contributed by atoms with van der Waals surface area (Å²) in [6.07, 6.45) is -1.14. The van der Waals surface area contributed by atoms with E-state index in [-0.39, 0.29) is 0 Å². The van der Waals surface area contributed by atoms with E-state index in [1.54, 1.807) is 6.07 Å². The molecule has 1 amide bonds. The molecule has 0 fully saturated rings. The van der Waals surface area contributed by atoms with Gasteiger partial charge in [-0.15, -0.1) is 11.3 Å². The number of hydrogen-bond donors (Lipinski definition) is 3. The Kier molecular flexibility index (Phi) is 4.25. The molecule has 0 spiro atoms. The molecular formula is C11H15NO4S. The number of aliphatic hydroxyl groups is 1. The van der Waals surface area contributed by atoms with Crippen molar-refractivity contribution in [2.45, 2.75) is 32.9 Å². The number of amides is 1. The van der Waals surface area contributed by atoms with Gasteiger partial charge in [-0.1, -0.05) is 0 Å². The Morgan fingerprint density at radius 1 is 1.41 bits per heavy atom. The van der Waals surface area contributed by atoms with Gasteiger partial charge >= 0.3 is 5.97 Å². The Hall–Kier alpha value is -1.40. The molecule has 0 aliphatic heterocycles. The maximum absolute atomic E-state index is 11.8. The zero-order chi connectivity index (χ0) is 13.2. The van der Waals surface area contributed by atoms with Crippen molar-refractivity contribution in [3.8, 4) is 0 Å². The summed E-state index contributed by atoms with van der Waals surface area (Å²) in [5.74, 6) is -1.72. The molecule has 0 bridgehead atoms. The van der Waals surface area contributed by atoms with Crippen molar-refractivity contribution in [2.75, 3.05) is 0 Å². The predicted molar refractivity (Wildman–Crippen MR) is 64.4 cm³/mol. The van der Waals surface area contributed by atoms with Gasteiger partial charge in [0, 0.05) is 4.88 Å². The van der Waals surface area contributed by atoms with Crippen LogP contribution in [0.25, 0.3) is 0 Å². The summed E-state index contributed by atoms with van der Waals surface area (Å²) < 4.78 is 0. The van der Waals surface area contributed by atoms with Gasteiger partial charge in [-0.25, -0.2) is 4.79 Å². The van der Waals surface area contributed by atoms with Gasteiger partial charge in [0.2, 0.25) is 0 Å². The molecule has 0 unspecified atom stereocenters. The Labute approximate surface area is 103 Å². The molecule has 0 aliphatic rings. The number of rotatable bonds is 4. The number of nitrogens with one attached hydrogen (secondary N) is 1. The van der Waals surface area contributed by atoms with Gasteiger partial charge in [-0.2, -0.15) is 0 Å². The molecule has 94 valence electrons. The highest BCUT2D eigenvalue weighted by atomic mass is 32.1. The van der Waals surface area contributed by atoms with Crippen molar-refractivity contribution in [3.05, 3.63) is 21.4 Å². The van der Waals surface area contributed by atoms with Gasteiger partial charge in [-0.3, -0.25) is 4.79 Å². The van der Waals surface area contributed by atoms with Crippen molar-refractivity contribution in [2.24, 2.45) is 0 Å². The van der Waals surface area contributed by atoms with Gasteiger partial charge < -0.3 is 15.5 Å². The van der Waals surface area contributed by atoms with E-state index in [1.807, 2.05) is 13.8 Å². The summed E-state index contributed by atoms with van der Waals surface area (Å²) >= 11 is 1.30. The third-order valence-electron chi connectivity index (χ3n) is 2.42. The minimum atomic E-state index is -1.29. The average molecular weight is 257 g/mol. The van der Waals surface area contributed by atoms with Gasteiger partial charge in [0.15, 0.2) is 6.04 Å². The zero-order valence-corrected chi connectivity index (χ0v) is 10.7. The molecule has 2 atom stereocenters. The highest BCUT2D eigenvalue weighted by molar-refractivity contribution is 7.14. The van der Waals surface area contributed by atoms with Crippen LogP contribution in [-0.2, 0) is 4.79 Å². The van der Waals surface area contributed by atoms with Crippen molar-refractivity contribution >= 4 is 23.2 Å². The maximum atomic E-state index is 11.8. The number of carboxylic acid groups (broad SMARTS) is 1. The molecule has 1 aromatic heterocycles. The summed E-state index contributed by atoms with van der Waals surface area (Å²) in [6.45, 7) is 5.09. The summed E-state index contributed by atoms with van der Waals surface area (Å²) in [6, 6.07) is 0.418. The molecule has 0 radical (unpaired) electrons. The number of carbonyl (C=O) groups is 2. The fourth-order valence-electron chi connectivity index (χ4n) is 1.29. The lowest BCUT2D eigenvalue weighted by atomic mass is 10.2. The molecule has 0 saturated heterocycles. The molecule has 5 nitrogen and oxygen atoms in total. The smallest absolute Gasteiger partial charge is 0.328 e. The molecule has 3 N–H and O–H groups in total. The second-order valence-corrected chi connectivity index (χ2v) is 5.14. The number of aliphatic hydroxyl groups excluding tert-OH is 1. The van der Waals surface area contributed by atoms with Crippen molar-refractivity contribution < 1.29 is 19.8 Å². The molecule has 1 aromatic rings. The normalized spacial score (nSPS) is 14.1. The first-order valence-corrected chi connectivity index (χ1v) is 5.93. The van der Waals surface area contributed by atoms with E-state index in [0.29, 0.717) is 4.88 Å². The molecule has 17 heavy (non-hydrogen) atoms. The van der Waals surface area contributed by atoms with E-state index in [1.165, 1.54) is 18.3 Å². The van der Waals surface area contributed by atoms with Crippen LogP contribution in [-0.4, -0.2) is 34.2 Å². The predicted octanol–water partition coefficient (Wildman–Crippen LogP) is 0.929. The Balaban J connectivity index is 2.81. The third-order valence-corrected chi connectivity index (χ3v) is 3.58. The first kappa shape index (κ1) is 13.7. The maximum Gasteiger partial charge on any atom is 0.328 e. The van der Waals surface area contributed by atoms with Gasteiger partial charge in [0.1, 0.15) is 0 Å². The first-order chi connectivity index (χ1) is 7.82. The molecular weight excluding hydrogens is 242 g/mol. The van der Waals surface area contributed by atoms with E-state index in [0.717, 1.165) is 10.4 Å². The van der Waals surface area contributed by atoms with Crippen LogP contribution < -0.4 is 5.32 Å². The third kappa shape index (κ3) is 3.28. The van der Waals surface area contributed by atoms with Crippen LogP contribution in [0.5, 0.6) is 0 Å². The lowest BCUT2D eigenvalue weighted by Crippen LogP contribution is -2.47. The van der Waals surface area contributed by atoms with E-state index in [4.69, 9.17) is 5.11 Å². The lowest BCUT2D eigenvalue weighted by molar-refractivity contribution is -0.141. The van der Waals surface area contributed by atoms with Crippen molar-refractivity contribution in [1.82, 2.24) is 5.32 Å². The highest BCUT2D eigenvalue weighted by Crippen LogP contribution is 2.20. The monoisotopic (exact) mass is 257 g/mol. The molecule has 6 heteroatoms. The van der Waals surface area contributed by atoms with Crippen molar-refractivity contribution in [3.63, 3.8) is 0 Å². The fourth-order valence-corrected chi connectivity index (χ4v) is 2.22. The highest BCUT2D eigenvalue weighted by Gasteiger charge is 2.26. The SMILES string of the molecule is Cc1cc(C(=O)N[C@H](C(=O)O)[C@@H](C)O)sc1C. The van der Waals surface area contributed by atoms with E-state index in [9.17, 15) is 14.7 Å². The van der Waals surface area contributed by atoms with E-state index >= 15 is 0 Å². The largest absolute Gasteiger partial charge is 0.480 e.